The summed E-state index contributed by atoms with van der Waals surface area (Å²) in [6, 6.07) is 0. The smallest absolute Gasteiger partial charge is 0.305 e. The van der Waals surface area contributed by atoms with Crippen molar-refractivity contribution in [3.05, 3.63) is 20.4 Å². The fourth-order valence-corrected chi connectivity index (χ4v) is 6.95. The summed E-state index contributed by atoms with van der Waals surface area (Å²) < 4.78 is 11.4. The molecule has 0 spiro atoms. The molecule has 0 saturated carbocycles. The van der Waals surface area contributed by atoms with Crippen LogP contribution in [0.4, 0.5) is 11.4 Å². The quantitative estimate of drug-likeness (QED) is 0.0394. The number of carbonyl (C=O) groups is 1. The van der Waals surface area contributed by atoms with Gasteiger partial charge < -0.3 is 25.0 Å². The molecule has 51 heavy (non-hydrogen) atoms. The Kier molecular flexibility index (Phi) is 31.3. The van der Waals surface area contributed by atoms with Gasteiger partial charge in [0.25, 0.3) is 10.9 Å². The maximum atomic E-state index is 12.3. The van der Waals surface area contributed by atoms with Crippen molar-refractivity contribution >= 4 is 17.3 Å². The lowest BCUT2D eigenvalue weighted by Crippen LogP contribution is -2.37. The van der Waals surface area contributed by atoms with E-state index in [0.717, 1.165) is 71.4 Å². The molecule has 1 rings (SSSR count). The molecule has 0 heterocycles. The Balaban J connectivity index is 2.23. The van der Waals surface area contributed by atoms with Crippen LogP contribution in [-0.2, 0) is 14.3 Å². The lowest BCUT2D eigenvalue weighted by Gasteiger charge is -2.23. The summed E-state index contributed by atoms with van der Waals surface area (Å²) in [6.45, 7) is 13.0. The van der Waals surface area contributed by atoms with Gasteiger partial charge in [0.2, 0.25) is 0 Å². The van der Waals surface area contributed by atoms with Gasteiger partial charge in [-0.3, -0.25) is 14.4 Å². The second-order valence-electron chi connectivity index (χ2n) is 15.0. The van der Waals surface area contributed by atoms with E-state index in [4.69, 9.17) is 9.47 Å². The number of carbonyl (C=O) groups excluding carboxylic acids is 1. The molecule has 0 amide bonds. The highest BCUT2D eigenvalue weighted by Crippen LogP contribution is 2.20. The van der Waals surface area contributed by atoms with Crippen molar-refractivity contribution < 1.29 is 14.3 Å². The van der Waals surface area contributed by atoms with Crippen molar-refractivity contribution in [1.29, 1.82) is 0 Å². The minimum atomic E-state index is -0.423. The molecule has 0 fully saturated rings. The van der Waals surface area contributed by atoms with Gasteiger partial charge in [0.05, 0.1) is 6.61 Å². The van der Waals surface area contributed by atoms with Crippen LogP contribution in [0.1, 0.15) is 188 Å². The number of nitrogens with one attached hydrogen (secondary N) is 2. The number of hydrogen-bond donors (Lipinski definition) is 2. The number of nitrogens with zero attached hydrogens (tertiary/aromatic N) is 1. The molecule has 0 aromatic heterocycles. The SMILES string of the molecule is CCCCCCCCOCCCCCCCCN(CCCCCCCC(=O)OCCC(CCCC)CCCC)CCCNc1c(NC)c(=O)c1=O. The molecule has 0 aliphatic rings. The van der Waals surface area contributed by atoms with Gasteiger partial charge in [-0.05, 0) is 70.5 Å². The summed E-state index contributed by atoms with van der Waals surface area (Å²) in [7, 11) is 1.68. The van der Waals surface area contributed by atoms with Crippen LogP contribution in [-0.4, -0.2) is 63.9 Å². The van der Waals surface area contributed by atoms with Gasteiger partial charge in [-0.25, -0.2) is 0 Å². The predicted octanol–water partition coefficient (Wildman–Crippen LogP) is 10.4. The third kappa shape index (κ3) is 24.9. The third-order valence-corrected chi connectivity index (χ3v) is 10.3. The molecule has 1 aromatic carbocycles. The van der Waals surface area contributed by atoms with Crippen molar-refractivity contribution in [2.24, 2.45) is 5.92 Å². The molecule has 0 aliphatic carbocycles. The van der Waals surface area contributed by atoms with Gasteiger partial charge in [0.1, 0.15) is 11.4 Å². The molecule has 8 nitrogen and oxygen atoms in total. The average molecular weight is 720 g/mol. The summed E-state index contributed by atoms with van der Waals surface area (Å²) in [5.74, 6) is 0.673. The van der Waals surface area contributed by atoms with Gasteiger partial charge in [-0.2, -0.15) is 0 Å². The van der Waals surface area contributed by atoms with Gasteiger partial charge in [0, 0.05) is 33.2 Å². The zero-order valence-electron chi connectivity index (χ0n) is 33.9. The predicted molar refractivity (Wildman–Crippen MR) is 218 cm³/mol. The van der Waals surface area contributed by atoms with Crippen LogP contribution in [0.25, 0.3) is 0 Å². The zero-order chi connectivity index (χ0) is 37.2. The van der Waals surface area contributed by atoms with Crippen molar-refractivity contribution in [2.45, 2.75) is 188 Å². The van der Waals surface area contributed by atoms with E-state index in [1.165, 1.54) is 122 Å². The van der Waals surface area contributed by atoms with Gasteiger partial charge >= 0.3 is 5.97 Å². The van der Waals surface area contributed by atoms with E-state index in [1.54, 1.807) is 7.05 Å². The molecule has 2 N–H and O–H groups in total. The van der Waals surface area contributed by atoms with Crippen LogP contribution in [0.15, 0.2) is 9.59 Å². The van der Waals surface area contributed by atoms with Crippen molar-refractivity contribution in [2.75, 3.05) is 63.7 Å². The maximum Gasteiger partial charge on any atom is 0.305 e. The molecule has 8 heteroatoms. The molecule has 298 valence electrons. The first kappa shape index (κ1) is 47.1. The highest BCUT2D eigenvalue weighted by molar-refractivity contribution is 5.73. The van der Waals surface area contributed by atoms with Crippen molar-refractivity contribution in [1.82, 2.24) is 4.90 Å². The number of rotatable bonds is 39. The van der Waals surface area contributed by atoms with Crippen LogP contribution in [0, 0.1) is 5.92 Å². The van der Waals surface area contributed by atoms with E-state index in [-0.39, 0.29) is 5.97 Å². The summed E-state index contributed by atoms with van der Waals surface area (Å²) in [4.78, 5) is 38.4. The van der Waals surface area contributed by atoms with E-state index in [0.29, 0.717) is 36.9 Å². The monoisotopic (exact) mass is 720 g/mol. The Labute approximate surface area is 313 Å². The topological polar surface area (TPSA) is 97.0 Å². The molecular formula is C43H81N3O5. The van der Waals surface area contributed by atoms with Crippen LogP contribution < -0.4 is 21.5 Å². The van der Waals surface area contributed by atoms with Gasteiger partial charge in [-0.15, -0.1) is 0 Å². The first-order valence-electron chi connectivity index (χ1n) is 21.7. The molecule has 0 atom stereocenters. The molecule has 0 bridgehead atoms. The first-order chi connectivity index (χ1) is 25.0. The van der Waals surface area contributed by atoms with E-state index >= 15 is 0 Å². The molecule has 0 aliphatic heterocycles. The standard InChI is InChI=1S/C43H81N3O5/c1-5-8-11-12-19-24-35-50-36-25-20-14-13-17-22-32-46(34-26-31-45-41-40(44-4)42(48)43(41)49)33-23-18-15-16-21-29-39(47)51-37-30-38(27-9-6-2)28-10-7-3/h38,44-45H,5-37H2,1-4H3. The van der Waals surface area contributed by atoms with Crippen molar-refractivity contribution in [3.8, 4) is 0 Å². The normalized spacial score (nSPS) is 11.6. The second kappa shape index (κ2) is 33.9. The fourth-order valence-electron chi connectivity index (χ4n) is 6.95. The highest BCUT2D eigenvalue weighted by Gasteiger charge is 2.19. The van der Waals surface area contributed by atoms with Gasteiger partial charge in [-0.1, -0.05) is 136 Å². The largest absolute Gasteiger partial charge is 0.466 e. The highest BCUT2D eigenvalue weighted by atomic mass is 16.5. The van der Waals surface area contributed by atoms with Gasteiger partial charge in [0.15, 0.2) is 0 Å². The lowest BCUT2D eigenvalue weighted by atomic mass is 9.93. The fraction of sp³-hybridized carbons (Fsp3) is 0.884. The van der Waals surface area contributed by atoms with E-state index < -0.39 is 10.9 Å². The number of hydrogen-bond acceptors (Lipinski definition) is 8. The Hall–Kier alpha value is -1.93. The molecule has 0 saturated heterocycles. The summed E-state index contributed by atoms with van der Waals surface area (Å²) in [5.41, 5.74) is 0.0158. The summed E-state index contributed by atoms with van der Waals surface area (Å²) in [5, 5.41) is 6.02. The number of unbranched alkanes of at least 4 members (excludes halogenated alkanes) is 16. The number of anilines is 2. The van der Waals surface area contributed by atoms with Crippen LogP contribution >= 0.6 is 0 Å². The van der Waals surface area contributed by atoms with Crippen LogP contribution in [0.2, 0.25) is 0 Å². The third-order valence-electron chi connectivity index (χ3n) is 10.3. The molecule has 1 aromatic rings. The average Bonchev–Trinajstić information content (AvgIpc) is 3.14. The Morgan fingerprint density at radius 2 is 1.06 bits per heavy atom. The first-order valence-corrected chi connectivity index (χ1v) is 21.7. The number of ether oxygens (including phenoxy) is 2. The molecular weight excluding hydrogens is 638 g/mol. The lowest BCUT2D eigenvalue weighted by molar-refractivity contribution is -0.144. The Morgan fingerprint density at radius 3 is 1.63 bits per heavy atom. The maximum absolute atomic E-state index is 12.3. The summed E-state index contributed by atoms with van der Waals surface area (Å²) in [6.07, 6.45) is 30.9. The Morgan fingerprint density at radius 1 is 0.569 bits per heavy atom. The van der Waals surface area contributed by atoms with E-state index in [9.17, 15) is 14.4 Å². The number of esters is 1. The van der Waals surface area contributed by atoms with Crippen molar-refractivity contribution in [3.63, 3.8) is 0 Å². The summed E-state index contributed by atoms with van der Waals surface area (Å²) >= 11 is 0. The second-order valence-corrected chi connectivity index (χ2v) is 15.0. The minimum absolute atomic E-state index is 0.0260. The minimum Gasteiger partial charge on any atom is -0.466 e. The Bertz CT molecular complexity index is 1000. The van der Waals surface area contributed by atoms with Crippen LogP contribution in [0.3, 0.4) is 0 Å². The molecule has 0 unspecified atom stereocenters. The van der Waals surface area contributed by atoms with E-state index in [2.05, 4.69) is 36.3 Å². The molecule has 0 radical (unpaired) electrons. The van der Waals surface area contributed by atoms with Crippen LogP contribution in [0.5, 0.6) is 0 Å². The van der Waals surface area contributed by atoms with E-state index in [1.807, 2.05) is 0 Å². The zero-order valence-corrected chi connectivity index (χ0v) is 33.9.